The van der Waals surface area contributed by atoms with Crippen LogP contribution in [0.2, 0.25) is 0 Å². The molecule has 8 nitrogen and oxygen atoms in total. The number of nitrogens with zero attached hydrogens (tertiary/aromatic N) is 5. The summed E-state index contributed by atoms with van der Waals surface area (Å²) < 4.78 is 1.32. The van der Waals surface area contributed by atoms with E-state index in [0.717, 1.165) is 5.69 Å². The fraction of sp³-hybridized carbons (Fsp3) is 0. The van der Waals surface area contributed by atoms with Gasteiger partial charge in [-0.3, -0.25) is 4.79 Å². The molecule has 0 aliphatic carbocycles. The van der Waals surface area contributed by atoms with Crippen LogP contribution in [0.25, 0.3) is 5.65 Å². The summed E-state index contributed by atoms with van der Waals surface area (Å²) in [5, 5.41) is 18.2. The third-order valence-corrected chi connectivity index (χ3v) is 2.51. The van der Waals surface area contributed by atoms with Gasteiger partial charge in [0.25, 0.3) is 0 Å². The lowest BCUT2D eigenvalue weighted by atomic mass is 10.2. The monoisotopic (exact) mass is 255 g/mol. The second-order valence-electron chi connectivity index (χ2n) is 3.81. The van der Waals surface area contributed by atoms with Gasteiger partial charge in [0.1, 0.15) is 0 Å². The van der Waals surface area contributed by atoms with Gasteiger partial charge in [0.15, 0.2) is 11.5 Å². The van der Waals surface area contributed by atoms with E-state index < -0.39 is 5.91 Å². The van der Waals surface area contributed by atoms with E-state index in [0.29, 0.717) is 17.0 Å². The van der Waals surface area contributed by atoms with Crippen molar-refractivity contribution in [3.63, 3.8) is 0 Å². The summed E-state index contributed by atoms with van der Waals surface area (Å²) in [6.45, 7) is 0. The van der Waals surface area contributed by atoms with Gasteiger partial charge in [0.05, 0.1) is 0 Å². The molecule has 0 bridgehead atoms. The second kappa shape index (κ2) is 4.33. The van der Waals surface area contributed by atoms with Gasteiger partial charge in [-0.1, -0.05) is 0 Å². The molecule has 0 aliphatic heterocycles. The number of rotatable bonds is 3. The van der Waals surface area contributed by atoms with Crippen molar-refractivity contribution >= 4 is 23.1 Å². The Bertz CT molecular complexity index is 734. The molecule has 0 radical (unpaired) electrons. The van der Waals surface area contributed by atoms with Crippen LogP contribution in [-0.2, 0) is 0 Å². The zero-order valence-electron chi connectivity index (χ0n) is 9.69. The molecule has 2 heterocycles. The lowest BCUT2D eigenvalue weighted by molar-refractivity contribution is 0.100. The molecule has 3 N–H and O–H groups in total. The number of amides is 1. The van der Waals surface area contributed by atoms with Crippen LogP contribution in [0.4, 0.5) is 11.5 Å². The maximum atomic E-state index is 11.0. The number of carbonyl (C=O) groups is 1. The van der Waals surface area contributed by atoms with Crippen molar-refractivity contribution in [3.8, 4) is 0 Å². The first kappa shape index (κ1) is 11.1. The number of hydrogen-bond donors (Lipinski definition) is 2. The Morgan fingerprint density at radius 1 is 1.16 bits per heavy atom. The molecule has 8 heteroatoms. The molecule has 1 aromatic carbocycles. The first-order valence-electron chi connectivity index (χ1n) is 5.45. The van der Waals surface area contributed by atoms with Crippen LogP contribution >= 0.6 is 0 Å². The van der Waals surface area contributed by atoms with Gasteiger partial charge in [0.2, 0.25) is 5.91 Å². The van der Waals surface area contributed by atoms with Crippen molar-refractivity contribution in [1.82, 2.24) is 25.3 Å². The van der Waals surface area contributed by atoms with E-state index >= 15 is 0 Å². The highest BCUT2D eigenvalue weighted by molar-refractivity contribution is 5.93. The van der Waals surface area contributed by atoms with Gasteiger partial charge >= 0.3 is 0 Å². The summed E-state index contributed by atoms with van der Waals surface area (Å²) in [7, 11) is 0. The molecule has 0 atom stereocenters. The lowest BCUT2D eigenvalue weighted by Gasteiger charge is -2.05. The predicted molar refractivity (Wildman–Crippen MR) is 66.8 cm³/mol. The van der Waals surface area contributed by atoms with E-state index in [1.165, 1.54) is 4.63 Å². The van der Waals surface area contributed by atoms with Crippen molar-refractivity contribution < 1.29 is 4.79 Å². The van der Waals surface area contributed by atoms with Gasteiger partial charge < -0.3 is 11.1 Å². The highest BCUT2D eigenvalue weighted by Gasteiger charge is 2.02. The number of nitrogens with one attached hydrogen (secondary N) is 1. The quantitative estimate of drug-likeness (QED) is 0.699. The molecule has 0 unspecified atom stereocenters. The van der Waals surface area contributed by atoms with Crippen LogP contribution in [-0.4, -0.2) is 31.2 Å². The summed E-state index contributed by atoms with van der Waals surface area (Å²) in [6, 6.07) is 10.3. The number of aromatic nitrogens is 5. The molecule has 3 aromatic rings. The Kier molecular flexibility index (Phi) is 2.53. The average molecular weight is 255 g/mol. The molecule has 0 spiro atoms. The van der Waals surface area contributed by atoms with Crippen LogP contribution in [0.15, 0.2) is 36.4 Å². The van der Waals surface area contributed by atoms with Gasteiger partial charge in [0, 0.05) is 11.3 Å². The summed E-state index contributed by atoms with van der Waals surface area (Å²) in [6.07, 6.45) is 0. The van der Waals surface area contributed by atoms with E-state index in [1.54, 1.807) is 36.4 Å². The number of carbonyl (C=O) groups excluding carboxylic acids is 1. The minimum Gasteiger partial charge on any atom is -0.366 e. The molecule has 2 aromatic heterocycles. The van der Waals surface area contributed by atoms with Crippen molar-refractivity contribution in [2.75, 3.05) is 5.32 Å². The number of anilines is 2. The highest BCUT2D eigenvalue weighted by atomic mass is 16.1. The van der Waals surface area contributed by atoms with Crippen molar-refractivity contribution in [2.45, 2.75) is 0 Å². The standard InChI is InChI=1S/C11H9N7O/c12-11(19)7-1-3-8(4-2-7)13-9-5-6-10-14-16-17-18(10)15-9/h1-6H,(H2,12,19)(H,13,15). The van der Waals surface area contributed by atoms with Gasteiger partial charge in [-0.25, -0.2) is 0 Å². The third-order valence-electron chi connectivity index (χ3n) is 2.51. The van der Waals surface area contributed by atoms with Gasteiger partial charge in [-0.2, -0.15) is 0 Å². The Morgan fingerprint density at radius 3 is 2.68 bits per heavy atom. The highest BCUT2D eigenvalue weighted by Crippen LogP contribution is 2.15. The molecule has 1 amide bonds. The third kappa shape index (κ3) is 2.18. The maximum Gasteiger partial charge on any atom is 0.248 e. The molecule has 3 rings (SSSR count). The Balaban J connectivity index is 1.85. The number of tetrazole rings is 1. The smallest absolute Gasteiger partial charge is 0.248 e. The fourth-order valence-electron chi connectivity index (χ4n) is 1.58. The van der Waals surface area contributed by atoms with E-state index in [-0.39, 0.29) is 0 Å². The normalized spacial score (nSPS) is 10.5. The van der Waals surface area contributed by atoms with E-state index in [4.69, 9.17) is 5.73 Å². The molecule has 94 valence electrons. The van der Waals surface area contributed by atoms with Crippen LogP contribution < -0.4 is 11.1 Å². The first-order chi connectivity index (χ1) is 9.22. The Morgan fingerprint density at radius 2 is 1.95 bits per heavy atom. The SMILES string of the molecule is NC(=O)c1ccc(Nc2ccc3nnnn3n2)cc1. The minimum absolute atomic E-state index is 0.453. The van der Waals surface area contributed by atoms with E-state index in [1.807, 2.05) is 0 Å². The zero-order valence-corrected chi connectivity index (χ0v) is 9.69. The van der Waals surface area contributed by atoms with E-state index in [9.17, 15) is 4.79 Å². The molecule has 0 saturated carbocycles. The van der Waals surface area contributed by atoms with E-state index in [2.05, 4.69) is 25.9 Å². The van der Waals surface area contributed by atoms with Crippen LogP contribution in [0.5, 0.6) is 0 Å². The zero-order chi connectivity index (χ0) is 13.2. The van der Waals surface area contributed by atoms with Gasteiger partial charge in [-0.05, 0) is 46.8 Å². The van der Waals surface area contributed by atoms with Crippen LogP contribution in [0.1, 0.15) is 10.4 Å². The van der Waals surface area contributed by atoms with Gasteiger partial charge in [-0.15, -0.1) is 14.8 Å². The van der Waals surface area contributed by atoms with Crippen molar-refractivity contribution in [1.29, 1.82) is 0 Å². The molecule has 19 heavy (non-hydrogen) atoms. The largest absolute Gasteiger partial charge is 0.366 e. The lowest BCUT2D eigenvalue weighted by Crippen LogP contribution is -2.10. The molecular weight excluding hydrogens is 246 g/mol. The summed E-state index contributed by atoms with van der Waals surface area (Å²) in [5.74, 6) is 0.131. The molecular formula is C11H9N7O. The average Bonchev–Trinajstić information content (AvgIpc) is 2.87. The van der Waals surface area contributed by atoms with Crippen molar-refractivity contribution in [3.05, 3.63) is 42.0 Å². The van der Waals surface area contributed by atoms with Crippen LogP contribution in [0.3, 0.4) is 0 Å². The minimum atomic E-state index is -0.459. The molecule has 0 aliphatic rings. The number of hydrogen-bond acceptors (Lipinski definition) is 6. The Labute approximate surface area is 107 Å². The second-order valence-corrected chi connectivity index (χ2v) is 3.81. The first-order valence-corrected chi connectivity index (χ1v) is 5.45. The van der Waals surface area contributed by atoms with Crippen LogP contribution in [0, 0.1) is 0 Å². The molecule has 0 saturated heterocycles. The summed E-state index contributed by atoms with van der Waals surface area (Å²) >= 11 is 0. The van der Waals surface area contributed by atoms with Crippen molar-refractivity contribution in [2.24, 2.45) is 5.73 Å². The fourth-order valence-corrected chi connectivity index (χ4v) is 1.58. The molecule has 0 fully saturated rings. The number of nitrogens with two attached hydrogens (primary N) is 1. The number of primary amides is 1. The predicted octanol–water partition coefficient (Wildman–Crippen LogP) is 0.362. The summed E-state index contributed by atoms with van der Waals surface area (Å²) in [5.41, 5.74) is 6.97. The number of fused-ring (bicyclic) bond motifs is 1. The maximum absolute atomic E-state index is 11.0. The summed E-state index contributed by atoms with van der Waals surface area (Å²) in [4.78, 5) is 11.0. The topological polar surface area (TPSA) is 111 Å². The number of benzene rings is 1. The Hall–Kier alpha value is -3.03.